The Bertz CT molecular complexity index is 781. The predicted molar refractivity (Wildman–Crippen MR) is 83.4 cm³/mol. The maximum Gasteiger partial charge on any atom is 0.277 e. The van der Waals surface area contributed by atoms with Gasteiger partial charge in [-0.3, -0.25) is 4.79 Å². The van der Waals surface area contributed by atoms with Gasteiger partial charge in [0.25, 0.3) is 5.91 Å². The second-order valence-electron chi connectivity index (χ2n) is 4.61. The number of para-hydroxylation sites is 1. The summed E-state index contributed by atoms with van der Waals surface area (Å²) in [6.45, 7) is 1.29. The van der Waals surface area contributed by atoms with Gasteiger partial charge in [-0.1, -0.05) is 30.3 Å². The highest BCUT2D eigenvalue weighted by Crippen LogP contribution is 2.16. The Balaban J connectivity index is 1.94. The van der Waals surface area contributed by atoms with E-state index < -0.39 is 11.7 Å². The largest absolute Gasteiger partial charge is 0.482 e. The van der Waals surface area contributed by atoms with E-state index in [-0.39, 0.29) is 6.61 Å². The summed E-state index contributed by atoms with van der Waals surface area (Å²) in [6, 6.07) is 14.7. The minimum absolute atomic E-state index is 0.299. The van der Waals surface area contributed by atoms with Crippen molar-refractivity contribution >= 4 is 11.6 Å². The van der Waals surface area contributed by atoms with Crippen LogP contribution in [0.15, 0.2) is 53.6 Å². The average Bonchev–Trinajstić information content (AvgIpc) is 2.58. The molecule has 0 saturated carbocycles. The molecule has 0 bridgehead atoms. The molecular formula is C17H14FN3O2. The molecule has 0 aliphatic heterocycles. The van der Waals surface area contributed by atoms with Crippen LogP contribution in [0.4, 0.5) is 4.39 Å². The normalized spacial score (nSPS) is 10.7. The number of carbonyl (C=O) groups is 1. The van der Waals surface area contributed by atoms with Crippen LogP contribution >= 0.6 is 0 Å². The van der Waals surface area contributed by atoms with E-state index in [1.165, 1.54) is 6.07 Å². The van der Waals surface area contributed by atoms with Crippen LogP contribution < -0.4 is 10.2 Å². The molecule has 23 heavy (non-hydrogen) atoms. The zero-order chi connectivity index (χ0) is 16.7. The highest BCUT2D eigenvalue weighted by Gasteiger charge is 2.07. The van der Waals surface area contributed by atoms with Crippen molar-refractivity contribution < 1.29 is 13.9 Å². The van der Waals surface area contributed by atoms with Crippen LogP contribution in [0, 0.1) is 17.1 Å². The first-order valence-corrected chi connectivity index (χ1v) is 6.81. The number of nitrogens with zero attached hydrogens (tertiary/aromatic N) is 2. The molecule has 2 rings (SSSR count). The van der Waals surface area contributed by atoms with E-state index in [9.17, 15) is 9.18 Å². The van der Waals surface area contributed by atoms with Crippen LogP contribution in [0.2, 0.25) is 0 Å². The lowest BCUT2D eigenvalue weighted by atomic mass is 10.1. The quantitative estimate of drug-likeness (QED) is 0.681. The minimum Gasteiger partial charge on any atom is -0.482 e. The molecule has 0 aliphatic carbocycles. The summed E-state index contributed by atoms with van der Waals surface area (Å²) in [7, 11) is 0. The third kappa shape index (κ3) is 4.38. The van der Waals surface area contributed by atoms with Crippen molar-refractivity contribution in [3.63, 3.8) is 0 Å². The average molecular weight is 311 g/mol. The Labute approximate surface area is 133 Å². The summed E-state index contributed by atoms with van der Waals surface area (Å²) >= 11 is 0. The van der Waals surface area contributed by atoms with Crippen molar-refractivity contribution in [2.24, 2.45) is 5.10 Å². The van der Waals surface area contributed by atoms with Gasteiger partial charge in [-0.05, 0) is 25.1 Å². The summed E-state index contributed by atoms with van der Waals surface area (Å²) in [5.41, 5.74) is 3.28. The van der Waals surface area contributed by atoms with E-state index in [1.807, 2.05) is 6.07 Å². The molecule has 0 radical (unpaired) electrons. The molecule has 1 amide bonds. The number of nitriles is 1. The minimum atomic E-state index is -0.506. The highest BCUT2D eigenvalue weighted by molar-refractivity contribution is 5.99. The Hall–Kier alpha value is -3.20. The van der Waals surface area contributed by atoms with Gasteiger partial charge in [0, 0.05) is 5.56 Å². The van der Waals surface area contributed by atoms with Crippen molar-refractivity contribution in [1.82, 2.24) is 5.43 Å². The van der Waals surface area contributed by atoms with Crippen LogP contribution in [0.5, 0.6) is 5.75 Å². The van der Waals surface area contributed by atoms with Crippen LogP contribution in [0.25, 0.3) is 0 Å². The Kier molecular flexibility index (Phi) is 5.42. The Morgan fingerprint density at radius 2 is 1.96 bits per heavy atom. The van der Waals surface area contributed by atoms with E-state index in [0.29, 0.717) is 22.6 Å². The second kappa shape index (κ2) is 7.71. The van der Waals surface area contributed by atoms with E-state index in [1.54, 1.807) is 49.4 Å². The van der Waals surface area contributed by atoms with E-state index in [2.05, 4.69) is 10.5 Å². The predicted octanol–water partition coefficient (Wildman–Crippen LogP) is 2.62. The maximum absolute atomic E-state index is 13.6. The SMILES string of the molecule is C/C(=N\NC(=O)COc1ccccc1C#N)c1ccccc1F. The Morgan fingerprint density at radius 3 is 2.70 bits per heavy atom. The van der Waals surface area contributed by atoms with Crippen LogP contribution in [0.1, 0.15) is 18.1 Å². The van der Waals surface area contributed by atoms with Gasteiger partial charge < -0.3 is 4.74 Å². The number of rotatable bonds is 5. The number of amides is 1. The molecule has 0 spiro atoms. The number of carbonyl (C=O) groups excluding carboxylic acids is 1. The van der Waals surface area contributed by atoms with E-state index >= 15 is 0 Å². The van der Waals surface area contributed by atoms with Gasteiger partial charge in [-0.15, -0.1) is 0 Å². The standard InChI is InChI=1S/C17H14FN3O2/c1-12(14-7-3-4-8-15(14)18)20-21-17(22)11-23-16-9-5-2-6-13(16)10-19/h2-9H,11H2,1H3,(H,21,22)/b20-12+. The molecule has 5 nitrogen and oxygen atoms in total. The fourth-order valence-corrected chi connectivity index (χ4v) is 1.82. The van der Waals surface area contributed by atoms with Gasteiger partial charge in [0.15, 0.2) is 6.61 Å². The molecular weight excluding hydrogens is 297 g/mol. The fourth-order valence-electron chi connectivity index (χ4n) is 1.82. The van der Waals surface area contributed by atoms with Gasteiger partial charge >= 0.3 is 0 Å². The van der Waals surface area contributed by atoms with Gasteiger partial charge in [0.2, 0.25) is 0 Å². The lowest BCUT2D eigenvalue weighted by Crippen LogP contribution is -2.25. The monoisotopic (exact) mass is 311 g/mol. The molecule has 0 saturated heterocycles. The number of halogens is 1. The molecule has 0 heterocycles. The van der Waals surface area contributed by atoms with Crippen LogP contribution in [-0.2, 0) is 4.79 Å². The fraction of sp³-hybridized carbons (Fsp3) is 0.118. The second-order valence-corrected chi connectivity index (χ2v) is 4.61. The summed E-state index contributed by atoms with van der Waals surface area (Å²) in [5, 5.41) is 12.8. The van der Waals surface area contributed by atoms with Gasteiger partial charge in [-0.25, -0.2) is 9.82 Å². The van der Waals surface area contributed by atoms with Crippen molar-refractivity contribution in [3.05, 3.63) is 65.5 Å². The van der Waals surface area contributed by atoms with Crippen molar-refractivity contribution in [3.8, 4) is 11.8 Å². The van der Waals surface area contributed by atoms with Crippen LogP contribution in [0.3, 0.4) is 0 Å². The highest BCUT2D eigenvalue weighted by atomic mass is 19.1. The van der Waals surface area contributed by atoms with Gasteiger partial charge in [0.1, 0.15) is 17.6 Å². The topological polar surface area (TPSA) is 74.5 Å². The third-order valence-electron chi connectivity index (χ3n) is 2.98. The zero-order valence-electron chi connectivity index (χ0n) is 12.4. The number of hydrogen-bond donors (Lipinski definition) is 1. The molecule has 1 N–H and O–H groups in total. The zero-order valence-corrected chi connectivity index (χ0v) is 12.4. The molecule has 0 fully saturated rings. The molecule has 6 heteroatoms. The summed E-state index contributed by atoms with van der Waals surface area (Å²) in [6.07, 6.45) is 0. The summed E-state index contributed by atoms with van der Waals surface area (Å²) in [5.74, 6) is -0.601. The smallest absolute Gasteiger partial charge is 0.277 e. The molecule has 2 aromatic rings. The molecule has 0 aliphatic rings. The first-order valence-electron chi connectivity index (χ1n) is 6.81. The van der Waals surface area contributed by atoms with Crippen molar-refractivity contribution in [1.29, 1.82) is 5.26 Å². The van der Waals surface area contributed by atoms with E-state index in [0.717, 1.165) is 0 Å². The molecule has 0 unspecified atom stereocenters. The third-order valence-corrected chi connectivity index (χ3v) is 2.98. The molecule has 2 aromatic carbocycles. The lowest BCUT2D eigenvalue weighted by molar-refractivity contribution is -0.123. The Morgan fingerprint density at radius 1 is 1.26 bits per heavy atom. The number of benzene rings is 2. The number of nitrogens with one attached hydrogen (secondary N) is 1. The van der Waals surface area contributed by atoms with Crippen LogP contribution in [-0.4, -0.2) is 18.2 Å². The molecule has 0 atom stereocenters. The first-order chi connectivity index (χ1) is 11.1. The van der Waals surface area contributed by atoms with E-state index in [4.69, 9.17) is 10.00 Å². The van der Waals surface area contributed by atoms with Gasteiger partial charge in [0.05, 0.1) is 11.3 Å². The summed E-state index contributed by atoms with van der Waals surface area (Å²) in [4.78, 5) is 11.7. The summed E-state index contributed by atoms with van der Waals surface area (Å²) < 4.78 is 18.8. The first kappa shape index (κ1) is 16.2. The van der Waals surface area contributed by atoms with Crippen molar-refractivity contribution in [2.75, 3.05) is 6.61 Å². The van der Waals surface area contributed by atoms with Gasteiger partial charge in [-0.2, -0.15) is 10.4 Å². The molecule has 116 valence electrons. The lowest BCUT2D eigenvalue weighted by Gasteiger charge is -2.07. The molecule has 0 aromatic heterocycles. The number of ether oxygens (including phenoxy) is 1. The number of hydrogen-bond acceptors (Lipinski definition) is 4. The maximum atomic E-state index is 13.6. The van der Waals surface area contributed by atoms with Crippen molar-refractivity contribution in [2.45, 2.75) is 6.92 Å². The number of hydrazone groups is 1.